The van der Waals surface area contributed by atoms with Crippen molar-refractivity contribution in [3.63, 3.8) is 0 Å². The van der Waals surface area contributed by atoms with E-state index in [2.05, 4.69) is 5.32 Å². The number of nitrogens with zero attached hydrogens (tertiary/aromatic N) is 1. The van der Waals surface area contributed by atoms with Crippen molar-refractivity contribution in [2.24, 2.45) is 0 Å². The van der Waals surface area contributed by atoms with E-state index in [0.717, 1.165) is 9.75 Å². The van der Waals surface area contributed by atoms with Crippen molar-refractivity contribution in [1.29, 1.82) is 5.26 Å². The molecule has 0 aliphatic rings. The highest BCUT2D eigenvalue weighted by molar-refractivity contribution is 7.12. The van der Waals surface area contributed by atoms with E-state index in [4.69, 9.17) is 10.00 Å². The van der Waals surface area contributed by atoms with Crippen LogP contribution in [0, 0.1) is 25.2 Å². The standard InChI is InChI=1S/C20H20N2O4S/c1-12-10-16(14(3)27-12)18(23)8-9-19(24)26-13(2)20(25)22-17-7-5-4-6-15(17)11-21/h4-7,10,13H,8-9H2,1-3H3,(H,22,25)/t13-/m0/s1. The molecule has 0 aliphatic carbocycles. The molecule has 27 heavy (non-hydrogen) atoms. The lowest BCUT2D eigenvalue weighted by Gasteiger charge is -2.14. The molecule has 1 atom stereocenters. The number of Topliss-reactive ketones (excluding diaryl/α,β-unsaturated/α-hetero) is 1. The summed E-state index contributed by atoms with van der Waals surface area (Å²) in [5.41, 5.74) is 1.30. The quantitative estimate of drug-likeness (QED) is 0.579. The van der Waals surface area contributed by atoms with Crippen LogP contribution in [0.3, 0.4) is 0 Å². The van der Waals surface area contributed by atoms with Gasteiger partial charge in [0.05, 0.1) is 17.7 Å². The molecular weight excluding hydrogens is 364 g/mol. The Hall–Kier alpha value is -2.98. The van der Waals surface area contributed by atoms with Crippen LogP contribution in [0.4, 0.5) is 5.69 Å². The van der Waals surface area contributed by atoms with E-state index in [-0.39, 0.29) is 18.6 Å². The number of esters is 1. The molecule has 0 unspecified atom stereocenters. The molecule has 0 spiro atoms. The Labute approximate surface area is 161 Å². The third-order valence-electron chi connectivity index (χ3n) is 3.88. The Bertz CT molecular complexity index is 911. The molecule has 2 aromatic rings. The van der Waals surface area contributed by atoms with Crippen LogP contribution in [0.15, 0.2) is 30.3 Å². The molecule has 0 aliphatic heterocycles. The first-order valence-corrected chi connectivity index (χ1v) is 9.23. The van der Waals surface area contributed by atoms with E-state index in [1.165, 1.54) is 18.3 Å². The maximum absolute atomic E-state index is 12.2. The maximum Gasteiger partial charge on any atom is 0.307 e. The molecule has 140 valence electrons. The monoisotopic (exact) mass is 384 g/mol. The Morgan fingerprint density at radius 1 is 1.22 bits per heavy atom. The predicted octanol–water partition coefficient (Wildman–Crippen LogP) is 3.77. The summed E-state index contributed by atoms with van der Waals surface area (Å²) in [5.74, 6) is -1.28. The largest absolute Gasteiger partial charge is 0.453 e. The van der Waals surface area contributed by atoms with Crippen molar-refractivity contribution in [1.82, 2.24) is 0 Å². The normalized spacial score (nSPS) is 11.3. The number of nitrogens with one attached hydrogen (secondary N) is 1. The summed E-state index contributed by atoms with van der Waals surface area (Å²) in [6, 6.07) is 10.3. The fourth-order valence-electron chi connectivity index (χ4n) is 2.49. The molecule has 2 rings (SSSR count). The minimum atomic E-state index is -1.04. The first kappa shape index (κ1) is 20.3. The summed E-state index contributed by atoms with van der Waals surface area (Å²) in [6.07, 6.45) is -1.11. The number of ketones is 1. The molecule has 1 aromatic heterocycles. The molecule has 6 nitrogen and oxygen atoms in total. The smallest absolute Gasteiger partial charge is 0.307 e. The van der Waals surface area contributed by atoms with Gasteiger partial charge in [-0.3, -0.25) is 14.4 Å². The van der Waals surface area contributed by atoms with Crippen molar-refractivity contribution >= 4 is 34.7 Å². The van der Waals surface area contributed by atoms with Crippen LogP contribution in [0.1, 0.15) is 45.4 Å². The number of carbonyl (C=O) groups is 3. The number of nitriles is 1. The highest BCUT2D eigenvalue weighted by atomic mass is 32.1. The second-order valence-electron chi connectivity index (χ2n) is 6.03. The molecule has 0 saturated heterocycles. The van der Waals surface area contributed by atoms with Crippen LogP contribution in [-0.4, -0.2) is 23.8 Å². The van der Waals surface area contributed by atoms with Crippen LogP contribution in [0.2, 0.25) is 0 Å². The zero-order valence-corrected chi connectivity index (χ0v) is 16.2. The molecule has 1 heterocycles. The van der Waals surface area contributed by atoms with Gasteiger partial charge in [0.1, 0.15) is 6.07 Å². The topological polar surface area (TPSA) is 96.3 Å². The number of aryl methyl sites for hydroxylation is 2. The fourth-order valence-corrected chi connectivity index (χ4v) is 3.43. The predicted molar refractivity (Wildman–Crippen MR) is 103 cm³/mol. The van der Waals surface area contributed by atoms with E-state index in [0.29, 0.717) is 16.8 Å². The second kappa shape index (κ2) is 9.10. The number of amides is 1. The number of carbonyl (C=O) groups excluding carboxylic acids is 3. The number of thiophene rings is 1. The number of para-hydroxylation sites is 1. The van der Waals surface area contributed by atoms with Crippen LogP contribution < -0.4 is 5.32 Å². The Kier molecular flexibility index (Phi) is 6.85. The summed E-state index contributed by atoms with van der Waals surface area (Å²) >= 11 is 1.54. The van der Waals surface area contributed by atoms with E-state index in [9.17, 15) is 14.4 Å². The fraction of sp³-hybridized carbons (Fsp3) is 0.300. The molecule has 0 bridgehead atoms. The Morgan fingerprint density at radius 3 is 2.56 bits per heavy atom. The van der Waals surface area contributed by atoms with Crippen LogP contribution in [0.25, 0.3) is 0 Å². The van der Waals surface area contributed by atoms with Gasteiger partial charge in [-0.25, -0.2) is 0 Å². The minimum Gasteiger partial charge on any atom is -0.453 e. The molecule has 1 N–H and O–H groups in total. The molecular formula is C20H20N2O4S. The average Bonchev–Trinajstić information content (AvgIpc) is 2.98. The molecule has 7 heteroatoms. The number of ether oxygens (including phenoxy) is 1. The average molecular weight is 384 g/mol. The highest BCUT2D eigenvalue weighted by Crippen LogP contribution is 2.22. The van der Waals surface area contributed by atoms with Crippen LogP contribution in [0.5, 0.6) is 0 Å². The van der Waals surface area contributed by atoms with Gasteiger partial charge in [0.2, 0.25) is 0 Å². The lowest BCUT2D eigenvalue weighted by molar-refractivity contribution is -0.153. The number of anilines is 1. The minimum absolute atomic E-state index is 0.0292. The lowest BCUT2D eigenvalue weighted by Crippen LogP contribution is -2.30. The van der Waals surface area contributed by atoms with Crippen molar-refractivity contribution in [3.8, 4) is 6.07 Å². The van der Waals surface area contributed by atoms with E-state index >= 15 is 0 Å². The summed E-state index contributed by atoms with van der Waals surface area (Å²) in [5, 5.41) is 11.6. The van der Waals surface area contributed by atoms with Gasteiger partial charge < -0.3 is 10.1 Å². The number of benzene rings is 1. The zero-order valence-electron chi connectivity index (χ0n) is 15.4. The molecule has 0 saturated carbocycles. The second-order valence-corrected chi connectivity index (χ2v) is 7.49. The molecule has 0 radical (unpaired) electrons. The Balaban J connectivity index is 1.86. The van der Waals surface area contributed by atoms with Gasteiger partial charge in [0.25, 0.3) is 5.91 Å². The van der Waals surface area contributed by atoms with Gasteiger partial charge >= 0.3 is 5.97 Å². The van der Waals surface area contributed by atoms with E-state index in [1.807, 2.05) is 26.0 Å². The van der Waals surface area contributed by atoms with Gasteiger partial charge in [-0.2, -0.15) is 5.26 Å². The molecule has 1 aromatic carbocycles. The third-order valence-corrected chi connectivity index (χ3v) is 4.85. The third kappa shape index (κ3) is 5.50. The first-order valence-electron chi connectivity index (χ1n) is 8.41. The van der Waals surface area contributed by atoms with Crippen LogP contribution >= 0.6 is 11.3 Å². The number of hydrogen-bond acceptors (Lipinski definition) is 6. The number of hydrogen-bond donors (Lipinski definition) is 1. The van der Waals surface area contributed by atoms with Crippen molar-refractivity contribution in [2.75, 3.05) is 5.32 Å². The van der Waals surface area contributed by atoms with Gasteiger partial charge in [-0.05, 0) is 39.0 Å². The number of rotatable bonds is 7. The van der Waals surface area contributed by atoms with E-state index < -0.39 is 18.0 Å². The van der Waals surface area contributed by atoms with Crippen molar-refractivity contribution < 1.29 is 19.1 Å². The van der Waals surface area contributed by atoms with E-state index in [1.54, 1.807) is 24.3 Å². The summed E-state index contributed by atoms with van der Waals surface area (Å²) < 4.78 is 5.10. The SMILES string of the molecule is Cc1cc(C(=O)CCC(=O)O[C@@H](C)C(=O)Nc2ccccc2C#N)c(C)s1. The first-order chi connectivity index (χ1) is 12.8. The van der Waals surface area contributed by atoms with Crippen molar-refractivity contribution in [2.45, 2.75) is 39.7 Å². The Morgan fingerprint density at radius 2 is 1.93 bits per heavy atom. The van der Waals surface area contributed by atoms with Crippen LogP contribution in [-0.2, 0) is 14.3 Å². The summed E-state index contributed by atoms with van der Waals surface area (Å²) in [4.78, 5) is 38.3. The highest BCUT2D eigenvalue weighted by Gasteiger charge is 2.20. The molecule has 0 fully saturated rings. The maximum atomic E-state index is 12.2. The summed E-state index contributed by atoms with van der Waals surface area (Å²) in [7, 11) is 0. The van der Waals surface area contributed by atoms with Gasteiger partial charge in [0.15, 0.2) is 11.9 Å². The van der Waals surface area contributed by atoms with Gasteiger partial charge in [0, 0.05) is 21.7 Å². The lowest BCUT2D eigenvalue weighted by atomic mass is 10.1. The summed E-state index contributed by atoms with van der Waals surface area (Å²) in [6.45, 7) is 5.23. The van der Waals surface area contributed by atoms with Crippen molar-refractivity contribution in [3.05, 3.63) is 51.2 Å². The zero-order chi connectivity index (χ0) is 20.0. The molecule has 1 amide bonds. The van der Waals surface area contributed by atoms with Gasteiger partial charge in [-0.1, -0.05) is 12.1 Å². The van der Waals surface area contributed by atoms with Gasteiger partial charge in [-0.15, -0.1) is 11.3 Å².